The van der Waals surface area contributed by atoms with Gasteiger partial charge in [-0.05, 0) is 50.1 Å². The smallest absolute Gasteiger partial charge is 0.416 e. The van der Waals surface area contributed by atoms with Crippen molar-refractivity contribution in [2.75, 3.05) is 13.2 Å². The van der Waals surface area contributed by atoms with Crippen molar-refractivity contribution in [3.63, 3.8) is 0 Å². The van der Waals surface area contributed by atoms with E-state index >= 15 is 0 Å². The van der Waals surface area contributed by atoms with Crippen LogP contribution >= 0.6 is 0 Å². The van der Waals surface area contributed by atoms with Gasteiger partial charge in [0.1, 0.15) is 5.75 Å². The fraction of sp³-hybridized carbons (Fsp3) is 0.455. The zero-order valence-electron chi connectivity index (χ0n) is 16.7. The van der Waals surface area contributed by atoms with Crippen LogP contribution in [0, 0.1) is 0 Å². The van der Waals surface area contributed by atoms with Gasteiger partial charge in [0.2, 0.25) is 0 Å². The van der Waals surface area contributed by atoms with Gasteiger partial charge in [0.05, 0.1) is 30.4 Å². The normalized spacial score (nSPS) is 21.2. The van der Waals surface area contributed by atoms with E-state index in [1.807, 2.05) is 30.3 Å². The van der Waals surface area contributed by atoms with Crippen molar-refractivity contribution in [2.24, 2.45) is 0 Å². The largest absolute Gasteiger partial charge is 0.491 e. The van der Waals surface area contributed by atoms with Crippen LogP contribution in [0.4, 0.5) is 13.2 Å². The first-order valence-electron chi connectivity index (χ1n) is 9.68. The van der Waals surface area contributed by atoms with Crippen molar-refractivity contribution in [1.29, 1.82) is 0 Å². The second-order valence-corrected chi connectivity index (χ2v) is 7.32. The Labute approximate surface area is 169 Å². The molecule has 0 bridgehead atoms. The van der Waals surface area contributed by atoms with Gasteiger partial charge in [0.25, 0.3) is 0 Å². The summed E-state index contributed by atoms with van der Waals surface area (Å²) in [4.78, 5) is 0. The van der Waals surface area contributed by atoms with Crippen LogP contribution in [-0.2, 0) is 15.7 Å². The second-order valence-electron chi connectivity index (χ2n) is 7.32. The molecule has 158 valence electrons. The minimum atomic E-state index is -4.47. The number of benzene rings is 2. The summed E-state index contributed by atoms with van der Waals surface area (Å²) in [6.07, 6.45) is -5.95. The summed E-state index contributed by atoms with van der Waals surface area (Å²) in [6.45, 7) is 6.39. The first-order valence-corrected chi connectivity index (χ1v) is 9.68. The molecule has 1 aliphatic rings. The molecule has 2 aromatic carbocycles. The molecule has 0 saturated carbocycles. The fourth-order valence-corrected chi connectivity index (χ4v) is 3.28. The lowest BCUT2D eigenvalue weighted by atomic mass is 10.0. The maximum Gasteiger partial charge on any atom is 0.416 e. The van der Waals surface area contributed by atoms with Crippen LogP contribution in [0.1, 0.15) is 49.6 Å². The number of morpholine rings is 1. The third-order valence-electron chi connectivity index (χ3n) is 4.61. The standard InChI is InChI=1S/C22H26F3NO3/c1-14(2)28-19-12-17(11-18(13-19)22(23,24)25)15(3)29-21-20(26-9-10-27-21)16-7-5-4-6-8-16/h4-8,11-15,20-21,26H,9-10H2,1-3H3/t15-,20?,21-/m1/s1. The Morgan fingerprint density at radius 3 is 2.45 bits per heavy atom. The summed E-state index contributed by atoms with van der Waals surface area (Å²) in [5, 5.41) is 3.36. The molecule has 4 nitrogen and oxygen atoms in total. The van der Waals surface area contributed by atoms with Gasteiger partial charge in [0.15, 0.2) is 6.29 Å². The Bertz CT molecular complexity index is 796. The molecule has 0 spiro atoms. The Morgan fingerprint density at radius 2 is 1.79 bits per heavy atom. The third kappa shape index (κ3) is 5.72. The first kappa shape index (κ1) is 21.6. The molecule has 0 aliphatic carbocycles. The lowest BCUT2D eigenvalue weighted by Crippen LogP contribution is -2.43. The Kier molecular flexibility index (Phi) is 6.82. The molecule has 7 heteroatoms. The van der Waals surface area contributed by atoms with E-state index < -0.39 is 24.1 Å². The van der Waals surface area contributed by atoms with Crippen LogP contribution in [0.3, 0.4) is 0 Å². The number of halogens is 3. The third-order valence-corrected chi connectivity index (χ3v) is 4.61. The molecule has 3 atom stereocenters. The number of hydrogen-bond donors (Lipinski definition) is 1. The molecule has 1 N–H and O–H groups in total. The van der Waals surface area contributed by atoms with Gasteiger partial charge in [-0.1, -0.05) is 30.3 Å². The van der Waals surface area contributed by atoms with Crippen LogP contribution in [0.25, 0.3) is 0 Å². The SMILES string of the molecule is CC(C)Oc1cc([C@@H](C)O[C@H]2OCCNC2c2ccccc2)cc(C(F)(F)F)c1. The number of ether oxygens (including phenoxy) is 3. The molecular formula is C22H26F3NO3. The Morgan fingerprint density at radius 1 is 1.07 bits per heavy atom. The van der Waals surface area contributed by atoms with Crippen LogP contribution < -0.4 is 10.1 Å². The van der Waals surface area contributed by atoms with Gasteiger partial charge in [-0.3, -0.25) is 0 Å². The highest BCUT2D eigenvalue weighted by atomic mass is 19.4. The van der Waals surface area contributed by atoms with Crippen LogP contribution in [-0.4, -0.2) is 25.5 Å². The van der Waals surface area contributed by atoms with Gasteiger partial charge in [-0.2, -0.15) is 13.2 Å². The fourth-order valence-electron chi connectivity index (χ4n) is 3.28. The van der Waals surface area contributed by atoms with Crippen molar-refractivity contribution < 1.29 is 27.4 Å². The van der Waals surface area contributed by atoms with Crippen molar-refractivity contribution in [3.8, 4) is 5.75 Å². The van der Waals surface area contributed by atoms with E-state index in [9.17, 15) is 13.2 Å². The number of nitrogens with one attached hydrogen (secondary N) is 1. The lowest BCUT2D eigenvalue weighted by Gasteiger charge is -2.34. The number of hydrogen-bond acceptors (Lipinski definition) is 4. The predicted molar refractivity (Wildman–Crippen MR) is 104 cm³/mol. The van der Waals surface area contributed by atoms with Crippen LogP contribution in [0.2, 0.25) is 0 Å². The Hall–Kier alpha value is -2.09. The van der Waals surface area contributed by atoms with Gasteiger partial charge >= 0.3 is 6.18 Å². The first-order chi connectivity index (χ1) is 13.7. The molecule has 1 fully saturated rings. The molecule has 1 saturated heterocycles. The average Bonchev–Trinajstić information content (AvgIpc) is 2.67. The quantitative estimate of drug-likeness (QED) is 0.707. The lowest BCUT2D eigenvalue weighted by molar-refractivity contribution is -0.200. The highest BCUT2D eigenvalue weighted by Crippen LogP contribution is 2.36. The van der Waals surface area contributed by atoms with E-state index in [-0.39, 0.29) is 17.9 Å². The van der Waals surface area contributed by atoms with E-state index in [1.165, 1.54) is 0 Å². The summed E-state index contributed by atoms with van der Waals surface area (Å²) in [6, 6.07) is 13.2. The van der Waals surface area contributed by atoms with E-state index in [0.29, 0.717) is 18.7 Å². The summed E-state index contributed by atoms with van der Waals surface area (Å²) in [5.41, 5.74) is 0.622. The molecule has 0 aromatic heterocycles. The van der Waals surface area contributed by atoms with Crippen LogP contribution in [0.5, 0.6) is 5.75 Å². The minimum Gasteiger partial charge on any atom is -0.491 e. The van der Waals surface area contributed by atoms with Crippen LogP contribution in [0.15, 0.2) is 48.5 Å². The number of rotatable bonds is 6. The highest BCUT2D eigenvalue weighted by molar-refractivity contribution is 5.37. The van der Waals surface area contributed by atoms with E-state index in [0.717, 1.165) is 17.7 Å². The van der Waals surface area contributed by atoms with Gasteiger partial charge in [-0.15, -0.1) is 0 Å². The molecule has 1 heterocycles. The van der Waals surface area contributed by atoms with Gasteiger partial charge in [-0.25, -0.2) is 0 Å². The molecule has 29 heavy (non-hydrogen) atoms. The van der Waals surface area contributed by atoms with E-state index in [1.54, 1.807) is 26.8 Å². The Balaban J connectivity index is 1.84. The molecule has 2 aromatic rings. The van der Waals surface area contributed by atoms with E-state index in [2.05, 4.69) is 5.32 Å². The molecule has 0 amide bonds. The average molecular weight is 409 g/mol. The minimum absolute atomic E-state index is 0.169. The van der Waals surface area contributed by atoms with Gasteiger partial charge < -0.3 is 19.5 Å². The molecule has 0 radical (unpaired) electrons. The van der Waals surface area contributed by atoms with E-state index in [4.69, 9.17) is 14.2 Å². The zero-order chi connectivity index (χ0) is 21.0. The van der Waals surface area contributed by atoms with Crippen molar-refractivity contribution in [1.82, 2.24) is 5.32 Å². The molecule has 1 unspecified atom stereocenters. The summed E-state index contributed by atoms with van der Waals surface area (Å²) in [5.74, 6) is 0.169. The highest BCUT2D eigenvalue weighted by Gasteiger charge is 2.33. The summed E-state index contributed by atoms with van der Waals surface area (Å²) in [7, 11) is 0. The maximum absolute atomic E-state index is 13.4. The van der Waals surface area contributed by atoms with Crippen molar-refractivity contribution in [3.05, 3.63) is 65.2 Å². The van der Waals surface area contributed by atoms with Gasteiger partial charge in [0, 0.05) is 6.54 Å². The molecule has 3 rings (SSSR count). The maximum atomic E-state index is 13.4. The monoisotopic (exact) mass is 409 g/mol. The molecule has 1 aliphatic heterocycles. The topological polar surface area (TPSA) is 39.7 Å². The summed E-state index contributed by atoms with van der Waals surface area (Å²) >= 11 is 0. The van der Waals surface area contributed by atoms with Crippen molar-refractivity contribution >= 4 is 0 Å². The predicted octanol–water partition coefficient (Wildman–Crippen LogP) is 5.26. The zero-order valence-corrected chi connectivity index (χ0v) is 16.7. The molecular weight excluding hydrogens is 383 g/mol. The summed E-state index contributed by atoms with van der Waals surface area (Å²) < 4.78 is 57.5. The van der Waals surface area contributed by atoms with Crippen molar-refractivity contribution in [2.45, 2.75) is 51.5 Å². The number of alkyl halides is 3. The second kappa shape index (κ2) is 9.15.